The van der Waals surface area contributed by atoms with Crippen molar-refractivity contribution in [3.8, 4) is 0 Å². The Balaban J connectivity index is 2.02. The molecule has 0 atom stereocenters. The molecule has 0 aliphatic carbocycles. The molecule has 1 aromatic heterocycles. The van der Waals surface area contributed by atoms with Crippen LogP contribution in [0.15, 0.2) is 30.3 Å². The molecular formula is C16H20N4O2. The van der Waals surface area contributed by atoms with Gasteiger partial charge in [0, 0.05) is 20.0 Å². The van der Waals surface area contributed by atoms with E-state index in [9.17, 15) is 10.1 Å². The zero-order chi connectivity index (χ0) is 15.5. The van der Waals surface area contributed by atoms with Crippen LogP contribution in [0.3, 0.4) is 0 Å². The molecule has 6 nitrogen and oxygen atoms in total. The second-order valence-corrected chi connectivity index (χ2v) is 5.68. The minimum absolute atomic E-state index is 0.0182. The molecule has 0 bridgehead atoms. The molecule has 0 amide bonds. The lowest BCUT2D eigenvalue weighted by Crippen LogP contribution is -2.32. The zero-order valence-electron chi connectivity index (χ0n) is 12.7. The van der Waals surface area contributed by atoms with Crippen molar-refractivity contribution in [1.82, 2.24) is 9.55 Å². The van der Waals surface area contributed by atoms with Crippen molar-refractivity contribution in [3.05, 3.63) is 51.8 Å². The number of piperidine rings is 1. The number of nitro groups is 1. The first-order valence-corrected chi connectivity index (χ1v) is 7.67. The number of hydrogen-bond donors (Lipinski definition) is 0. The number of hydrogen-bond acceptors (Lipinski definition) is 4. The van der Waals surface area contributed by atoms with Gasteiger partial charge in [-0.1, -0.05) is 30.3 Å². The first-order chi connectivity index (χ1) is 10.7. The van der Waals surface area contributed by atoms with Gasteiger partial charge < -0.3 is 15.0 Å². The molecule has 3 rings (SSSR count). The maximum absolute atomic E-state index is 11.4. The summed E-state index contributed by atoms with van der Waals surface area (Å²) in [4.78, 5) is 17.3. The van der Waals surface area contributed by atoms with Gasteiger partial charge in [-0.15, -0.1) is 0 Å². The molecule has 116 valence electrons. The first-order valence-electron chi connectivity index (χ1n) is 7.67. The average molecular weight is 300 g/mol. The van der Waals surface area contributed by atoms with E-state index in [1.807, 2.05) is 41.8 Å². The van der Waals surface area contributed by atoms with Gasteiger partial charge in [0.2, 0.25) is 11.6 Å². The molecule has 0 saturated carbocycles. The zero-order valence-corrected chi connectivity index (χ0v) is 12.7. The highest BCUT2D eigenvalue weighted by molar-refractivity contribution is 5.56. The maximum atomic E-state index is 11.4. The quantitative estimate of drug-likeness (QED) is 0.643. The van der Waals surface area contributed by atoms with Gasteiger partial charge in [-0.25, -0.2) is 0 Å². The van der Waals surface area contributed by atoms with Gasteiger partial charge in [-0.05, 0) is 34.7 Å². The van der Waals surface area contributed by atoms with E-state index in [0.29, 0.717) is 18.2 Å². The molecule has 22 heavy (non-hydrogen) atoms. The fraction of sp³-hybridized carbons (Fsp3) is 0.438. The van der Waals surface area contributed by atoms with Crippen LogP contribution in [-0.2, 0) is 6.54 Å². The van der Waals surface area contributed by atoms with E-state index < -0.39 is 0 Å². The van der Waals surface area contributed by atoms with Crippen LogP contribution in [0.5, 0.6) is 0 Å². The Hall–Kier alpha value is -2.37. The number of imidazole rings is 1. The molecule has 1 saturated heterocycles. The Morgan fingerprint density at radius 2 is 1.86 bits per heavy atom. The number of benzene rings is 1. The third kappa shape index (κ3) is 2.81. The molecule has 6 heteroatoms. The lowest BCUT2D eigenvalue weighted by atomic mass is 10.1. The third-order valence-electron chi connectivity index (χ3n) is 4.13. The number of aryl methyl sites for hydroxylation is 1. The molecule has 0 spiro atoms. The summed E-state index contributed by atoms with van der Waals surface area (Å²) >= 11 is 0. The fourth-order valence-electron chi connectivity index (χ4n) is 3.03. The van der Waals surface area contributed by atoms with Crippen LogP contribution in [0.1, 0.15) is 30.7 Å². The van der Waals surface area contributed by atoms with Gasteiger partial charge in [0.1, 0.15) is 0 Å². The maximum Gasteiger partial charge on any atom is 0.406 e. The lowest BCUT2D eigenvalue weighted by Gasteiger charge is -2.28. The van der Waals surface area contributed by atoms with E-state index in [4.69, 9.17) is 0 Å². The summed E-state index contributed by atoms with van der Waals surface area (Å²) in [7, 11) is 0. The van der Waals surface area contributed by atoms with E-state index in [1.165, 1.54) is 6.42 Å². The standard InChI is InChI=1S/C16H20N4O2/c1-13-17-15(20(21)22)16(18-10-6-3-7-11-18)19(13)12-14-8-4-2-5-9-14/h2,4-5,8-9H,3,6-7,10-12H2,1H3. The Kier molecular flexibility index (Phi) is 4.09. The van der Waals surface area contributed by atoms with Crippen molar-refractivity contribution in [3.63, 3.8) is 0 Å². The molecule has 1 fully saturated rings. The predicted octanol–water partition coefficient (Wildman–Crippen LogP) is 3.14. The Bertz CT molecular complexity index is 660. The van der Waals surface area contributed by atoms with Crippen LogP contribution in [-0.4, -0.2) is 27.6 Å². The monoisotopic (exact) mass is 300 g/mol. The molecule has 1 aliphatic rings. The largest absolute Gasteiger partial charge is 0.406 e. The summed E-state index contributed by atoms with van der Waals surface area (Å²) < 4.78 is 1.97. The summed E-state index contributed by atoms with van der Waals surface area (Å²) in [6.45, 7) is 4.17. The second kappa shape index (κ2) is 6.17. The van der Waals surface area contributed by atoms with Crippen LogP contribution in [0.4, 0.5) is 11.6 Å². The number of rotatable bonds is 4. The number of anilines is 1. The minimum atomic E-state index is -0.363. The van der Waals surface area contributed by atoms with E-state index >= 15 is 0 Å². The van der Waals surface area contributed by atoms with Crippen LogP contribution in [0, 0.1) is 17.0 Å². The van der Waals surface area contributed by atoms with Crippen molar-refractivity contribution in [2.24, 2.45) is 0 Å². The van der Waals surface area contributed by atoms with Crippen molar-refractivity contribution in [2.45, 2.75) is 32.7 Å². The predicted molar refractivity (Wildman–Crippen MR) is 85.2 cm³/mol. The Labute approximate surface area is 129 Å². The van der Waals surface area contributed by atoms with Crippen LogP contribution in [0.2, 0.25) is 0 Å². The first kappa shape index (κ1) is 14.6. The molecule has 2 heterocycles. The summed E-state index contributed by atoms with van der Waals surface area (Å²) in [6.07, 6.45) is 3.34. The van der Waals surface area contributed by atoms with Crippen LogP contribution < -0.4 is 4.90 Å². The van der Waals surface area contributed by atoms with Gasteiger partial charge in [-0.2, -0.15) is 0 Å². The lowest BCUT2D eigenvalue weighted by molar-refractivity contribution is -0.388. The second-order valence-electron chi connectivity index (χ2n) is 5.68. The molecule has 2 aromatic rings. The van der Waals surface area contributed by atoms with Crippen molar-refractivity contribution >= 4 is 11.6 Å². The van der Waals surface area contributed by atoms with Gasteiger partial charge >= 0.3 is 5.82 Å². The number of aromatic nitrogens is 2. The average Bonchev–Trinajstić information content (AvgIpc) is 2.86. The Morgan fingerprint density at radius 3 is 2.50 bits per heavy atom. The van der Waals surface area contributed by atoms with Gasteiger partial charge in [0.05, 0.1) is 6.54 Å². The molecular weight excluding hydrogens is 280 g/mol. The highest BCUT2D eigenvalue weighted by Crippen LogP contribution is 2.31. The molecule has 0 N–H and O–H groups in total. The smallest absolute Gasteiger partial charge is 0.358 e. The summed E-state index contributed by atoms with van der Waals surface area (Å²) in [6, 6.07) is 10.0. The van der Waals surface area contributed by atoms with Gasteiger partial charge in [0.15, 0.2) is 0 Å². The van der Waals surface area contributed by atoms with Gasteiger partial charge in [-0.3, -0.25) is 4.57 Å². The van der Waals surface area contributed by atoms with Crippen molar-refractivity contribution in [1.29, 1.82) is 0 Å². The molecule has 1 aliphatic heterocycles. The topological polar surface area (TPSA) is 64.2 Å². The fourth-order valence-corrected chi connectivity index (χ4v) is 3.03. The molecule has 1 aromatic carbocycles. The van der Waals surface area contributed by atoms with Gasteiger partial charge in [0.25, 0.3) is 0 Å². The summed E-state index contributed by atoms with van der Waals surface area (Å²) in [5.41, 5.74) is 1.12. The minimum Gasteiger partial charge on any atom is -0.358 e. The third-order valence-corrected chi connectivity index (χ3v) is 4.13. The van der Waals surface area contributed by atoms with Crippen molar-refractivity contribution < 1.29 is 4.92 Å². The summed E-state index contributed by atoms with van der Waals surface area (Å²) in [5.74, 6) is 1.33. The van der Waals surface area contributed by atoms with E-state index in [1.54, 1.807) is 0 Å². The Morgan fingerprint density at radius 1 is 1.18 bits per heavy atom. The van der Waals surface area contributed by atoms with Crippen LogP contribution >= 0.6 is 0 Å². The molecule has 0 radical (unpaired) electrons. The van der Waals surface area contributed by atoms with E-state index in [2.05, 4.69) is 9.88 Å². The normalized spacial score (nSPS) is 15.0. The SMILES string of the molecule is Cc1nc([N+](=O)[O-])c(N2CCCCC2)n1Cc1ccccc1. The summed E-state index contributed by atoms with van der Waals surface area (Å²) in [5, 5.41) is 11.4. The highest BCUT2D eigenvalue weighted by Gasteiger charge is 2.30. The van der Waals surface area contributed by atoms with E-state index in [-0.39, 0.29) is 10.7 Å². The van der Waals surface area contributed by atoms with Crippen molar-refractivity contribution in [2.75, 3.05) is 18.0 Å². The highest BCUT2D eigenvalue weighted by atomic mass is 16.6. The molecule has 0 unspecified atom stereocenters. The van der Waals surface area contributed by atoms with E-state index in [0.717, 1.165) is 31.5 Å². The van der Waals surface area contributed by atoms with Crippen LogP contribution in [0.25, 0.3) is 0 Å². The number of nitrogens with zero attached hydrogens (tertiary/aromatic N) is 4.